The SMILES string of the molecule is CCCCCCc1cc(Br)s[c]1[Zn][Br]. The summed E-state index contributed by atoms with van der Waals surface area (Å²) in [7, 11) is 0. The molecule has 0 aliphatic heterocycles. The Hall–Kier alpha value is 1.28. The van der Waals surface area contributed by atoms with Gasteiger partial charge in [-0.2, -0.15) is 0 Å². The van der Waals surface area contributed by atoms with Crippen LogP contribution < -0.4 is 3.47 Å². The zero-order chi connectivity index (χ0) is 10.4. The summed E-state index contributed by atoms with van der Waals surface area (Å²) < 4.78 is 2.98. The molecule has 14 heavy (non-hydrogen) atoms. The molecule has 0 saturated carbocycles. The Kier molecular flexibility index (Phi) is 7.19. The second kappa shape index (κ2) is 7.54. The quantitative estimate of drug-likeness (QED) is 0.489. The van der Waals surface area contributed by atoms with E-state index in [2.05, 4.69) is 42.5 Å². The maximum absolute atomic E-state index is 3.72. The van der Waals surface area contributed by atoms with Crippen molar-refractivity contribution in [3.8, 4) is 0 Å². The van der Waals surface area contributed by atoms with Crippen LogP contribution in [0.3, 0.4) is 0 Å². The summed E-state index contributed by atoms with van der Waals surface area (Å²) >= 11 is 8.67. The Balaban J connectivity index is 2.41. The van der Waals surface area contributed by atoms with E-state index in [-0.39, 0.29) is 0 Å². The minimum absolute atomic E-state index is 0.557. The maximum atomic E-state index is 3.72. The van der Waals surface area contributed by atoms with Crippen LogP contribution in [-0.2, 0) is 21.6 Å². The molecule has 4 heteroatoms. The monoisotopic (exact) mass is 388 g/mol. The molecule has 0 amide bonds. The summed E-state index contributed by atoms with van der Waals surface area (Å²) in [6, 6.07) is 2.32. The van der Waals surface area contributed by atoms with Crippen LogP contribution in [0.5, 0.6) is 0 Å². The molecule has 0 fully saturated rings. The topological polar surface area (TPSA) is 0 Å². The van der Waals surface area contributed by atoms with Gasteiger partial charge in [-0.15, -0.1) is 0 Å². The van der Waals surface area contributed by atoms with Crippen LogP contribution in [0.1, 0.15) is 38.2 Å². The van der Waals surface area contributed by atoms with Crippen molar-refractivity contribution in [2.24, 2.45) is 0 Å². The second-order valence-corrected chi connectivity index (χ2v) is 12.0. The number of aryl methyl sites for hydroxylation is 1. The van der Waals surface area contributed by atoms with Gasteiger partial charge in [0.05, 0.1) is 0 Å². The van der Waals surface area contributed by atoms with Crippen molar-refractivity contribution >= 4 is 44.4 Å². The first kappa shape index (κ1) is 13.3. The zero-order valence-corrected chi connectivity index (χ0v) is 15.4. The number of halogens is 2. The van der Waals surface area contributed by atoms with Crippen molar-refractivity contribution < 1.29 is 15.2 Å². The van der Waals surface area contributed by atoms with Gasteiger partial charge in [0.1, 0.15) is 0 Å². The second-order valence-electron chi connectivity index (χ2n) is 3.44. The molecule has 0 saturated heterocycles. The van der Waals surface area contributed by atoms with Crippen molar-refractivity contribution in [2.75, 3.05) is 0 Å². The van der Waals surface area contributed by atoms with Gasteiger partial charge < -0.3 is 0 Å². The van der Waals surface area contributed by atoms with Crippen LogP contribution in [0.15, 0.2) is 9.85 Å². The van der Waals surface area contributed by atoms with Crippen molar-refractivity contribution in [1.82, 2.24) is 0 Å². The number of rotatable bonds is 6. The van der Waals surface area contributed by atoms with Gasteiger partial charge in [-0.25, -0.2) is 0 Å². The van der Waals surface area contributed by atoms with Crippen LogP contribution in [0.4, 0.5) is 0 Å². The van der Waals surface area contributed by atoms with Crippen LogP contribution in [0, 0.1) is 0 Å². The van der Waals surface area contributed by atoms with Gasteiger partial charge in [0.2, 0.25) is 0 Å². The van der Waals surface area contributed by atoms with Crippen LogP contribution in [0.2, 0.25) is 0 Å². The third-order valence-corrected chi connectivity index (χ3v) is 11.8. The molecule has 0 nitrogen and oxygen atoms in total. The third-order valence-electron chi connectivity index (χ3n) is 2.29. The molecule has 0 aliphatic rings. The molecule has 1 aromatic heterocycles. The third kappa shape index (κ3) is 4.42. The predicted molar refractivity (Wildman–Crippen MR) is 68.4 cm³/mol. The average Bonchev–Trinajstić information content (AvgIpc) is 2.54. The van der Waals surface area contributed by atoms with Gasteiger partial charge in [-0.3, -0.25) is 0 Å². The van der Waals surface area contributed by atoms with Gasteiger partial charge in [-0.1, -0.05) is 0 Å². The first-order chi connectivity index (χ1) is 6.77. The molecule has 76 valence electrons. The van der Waals surface area contributed by atoms with Crippen molar-refractivity contribution in [2.45, 2.75) is 39.0 Å². The van der Waals surface area contributed by atoms with E-state index in [1.54, 1.807) is 9.03 Å². The van der Waals surface area contributed by atoms with E-state index >= 15 is 0 Å². The van der Waals surface area contributed by atoms with Crippen molar-refractivity contribution in [3.63, 3.8) is 0 Å². The summed E-state index contributed by atoms with van der Waals surface area (Å²) in [6.45, 7) is 2.26. The summed E-state index contributed by atoms with van der Waals surface area (Å²) in [5, 5.41) is 0. The molecule has 0 bridgehead atoms. The van der Waals surface area contributed by atoms with E-state index < -0.39 is 15.2 Å². The Morgan fingerprint density at radius 3 is 2.79 bits per heavy atom. The van der Waals surface area contributed by atoms with E-state index in [1.165, 1.54) is 35.9 Å². The first-order valence-electron chi connectivity index (χ1n) is 5.11. The average molecular weight is 391 g/mol. The Morgan fingerprint density at radius 2 is 2.14 bits per heavy atom. The molecule has 0 aliphatic carbocycles. The zero-order valence-electron chi connectivity index (χ0n) is 8.48. The molecule has 0 aromatic carbocycles. The van der Waals surface area contributed by atoms with E-state index in [0.717, 1.165) is 0 Å². The molecule has 1 heterocycles. The molecule has 0 atom stereocenters. The van der Waals surface area contributed by atoms with Crippen molar-refractivity contribution in [1.29, 1.82) is 0 Å². The van der Waals surface area contributed by atoms with E-state index in [0.29, 0.717) is 0 Å². The molecular weight excluding hydrogens is 377 g/mol. The molecule has 0 radical (unpaired) electrons. The van der Waals surface area contributed by atoms with Gasteiger partial charge in [-0.05, 0) is 0 Å². The first-order valence-corrected chi connectivity index (χ1v) is 15.1. The van der Waals surface area contributed by atoms with Crippen LogP contribution in [0.25, 0.3) is 0 Å². The number of unbranched alkanes of at least 4 members (excludes halogenated alkanes) is 3. The molecule has 0 unspecified atom stereocenters. The number of hydrogen-bond donors (Lipinski definition) is 0. The van der Waals surface area contributed by atoms with Gasteiger partial charge >= 0.3 is 114 Å². The minimum atomic E-state index is -0.557. The van der Waals surface area contributed by atoms with Crippen molar-refractivity contribution in [3.05, 3.63) is 15.4 Å². The van der Waals surface area contributed by atoms with E-state index in [9.17, 15) is 0 Å². The fourth-order valence-corrected chi connectivity index (χ4v) is 10.4. The summed E-state index contributed by atoms with van der Waals surface area (Å²) in [6.07, 6.45) is 6.75. The Morgan fingerprint density at radius 1 is 1.36 bits per heavy atom. The normalized spacial score (nSPS) is 10.2. The van der Waals surface area contributed by atoms with Crippen LogP contribution >= 0.6 is 40.9 Å². The van der Waals surface area contributed by atoms with Gasteiger partial charge in [0.15, 0.2) is 0 Å². The molecule has 0 spiro atoms. The fourth-order valence-electron chi connectivity index (χ4n) is 1.50. The molecule has 0 N–H and O–H groups in total. The Bertz CT molecular complexity index is 273. The molecule has 1 rings (SSSR count). The number of hydrogen-bond acceptors (Lipinski definition) is 1. The summed E-state index contributed by atoms with van der Waals surface area (Å²) in [5.74, 6) is 0. The summed E-state index contributed by atoms with van der Waals surface area (Å²) in [4.78, 5) is 0. The standard InChI is InChI=1S/C10H14BrS.BrH.Zn/c1-2-3-4-5-6-9-7-10(11)12-8-9;;/h7H,2-6H2,1H3;1H;/q;;+1/p-1. The molecular formula is C10H14Br2SZn. The van der Waals surface area contributed by atoms with Gasteiger partial charge in [0, 0.05) is 0 Å². The van der Waals surface area contributed by atoms with Crippen LogP contribution in [-0.4, -0.2) is 0 Å². The molecule has 1 aromatic rings. The summed E-state index contributed by atoms with van der Waals surface area (Å²) in [5.41, 5.74) is 1.61. The predicted octanol–water partition coefficient (Wildman–Crippen LogP) is 4.65. The fraction of sp³-hybridized carbons (Fsp3) is 0.600. The van der Waals surface area contributed by atoms with Gasteiger partial charge in [0.25, 0.3) is 0 Å². The van der Waals surface area contributed by atoms with E-state index in [4.69, 9.17) is 0 Å². The van der Waals surface area contributed by atoms with E-state index in [1.807, 2.05) is 11.3 Å². The Labute approximate surface area is 113 Å². The number of thiophene rings is 1.